The van der Waals surface area contributed by atoms with E-state index in [1.165, 1.54) is 6.07 Å². The topological polar surface area (TPSA) is 3.24 Å². The maximum absolute atomic E-state index is 14.4. The summed E-state index contributed by atoms with van der Waals surface area (Å²) < 4.78 is 107. The SMILES string of the molecule is Fc1ccccc1N1CCC2c3ccc(C(F)(C(F)(F)F)C(F)(F)F)cc3CC[C@H]21. The van der Waals surface area contributed by atoms with Crippen LogP contribution in [0.15, 0.2) is 42.5 Å². The van der Waals surface area contributed by atoms with Crippen LogP contribution in [0.1, 0.15) is 35.4 Å². The van der Waals surface area contributed by atoms with Gasteiger partial charge in [0.15, 0.2) is 0 Å². The Balaban J connectivity index is 1.70. The Bertz CT molecular complexity index is 935. The lowest BCUT2D eigenvalue weighted by Gasteiger charge is -2.36. The number of nitrogens with zero attached hydrogens (tertiary/aromatic N) is 1. The van der Waals surface area contributed by atoms with Gasteiger partial charge in [0.1, 0.15) is 5.82 Å². The first-order valence-corrected chi connectivity index (χ1v) is 9.42. The summed E-state index contributed by atoms with van der Waals surface area (Å²) in [5, 5.41) is 0. The lowest BCUT2D eigenvalue weighted by Crippen LogP contribution is -2.50. The van der Waals surface area contributed by atoms with E-state index in [2.05, 4.69) is 0 Å². The second-order valence-corrected chi connectivity index (χ2v) is 7.71. The highest BCUT2D eigenvalue weighted by atomic mass is 19.4. The summed E-state index contributed by atoms with van der Waals surface area (Å²) in [7, 11) is 0. The summed E-state index contributed by atoms with van der Waals surface area (Å²) in [5.41, 5.74) is -5.59. The Hall–Kier alpha value is -2.32. The maximum atomic E-state index is 14.4. The van der Waals surface area contributed by atoms with E-state index < -0.39 is 29.4 Å². The fourth-order valence-electron chi connectivity index (χ4n) is 4.75. The largest absolute Gasteiger partial charge is 0.435 e. The van der Waals surface area contributed by atoms with Crippen molar-refractivity contribution in [1.29, 1.82) is 0 Å². The lowest BCUT2D eigenvalue weighted by atomic mass is 9.77. The van der Waals surface area contributed by atoms with Gasteiger partial charge < -0.3 is 4.90 Å². The van der Waals surface area contributed by atoms with Crippen molar-refractivity contribution >= 4 is 5.69 Å². The van der Waals surface area contributed by atoms with Crippen molar-refractivity contribution in [1.82, 2.24) is 0 Å². The number of rotatable bonds is 2. The summed E-state index contributed by atoms with van der Waals surface area (Å²) in [5.74, 6) is -0.565. The first-order valence-electron chi connectivity index (χ1n) is 9.42. The normalized spacial score (nSPS) is 22.1. The summed E-state index contributed by atoms with van der Waals surface area (Å²) >= 11 is 0. The zero-order valence-corrected chi connectivity index (χ0v) is 15.5. The molecular formula is C21H17F8N. The number of anilines is 1. The number of benzene rings is 2. The van der Waals surface area contributed by atoms with E-state index in [1.807, 2.05) is 4.90 Å². The maximum Gasteiger partial charge on any atom is 0.435 e. The zero-order chi connectivity index (χ0) is 21.9. The molecule has 9 heteroatoms. The molecule has 0 radical (unpaired) electrons. The predicted molar refractivity (Wildman–Crippen MR) is 94.6 cm³/mol. The standard InChI is InChI=1S/C21H17F8N/c22-16-3-1-2-4-18(16)30-10-9-15-14-7-6-13(11-12(14)5-8-17(15)30)19(23,20(24,25)26)21(27,28)29/h1-4,6-7,11,15,17H,5,8-10H2/t15?,17-/m1/s1. The third-order valence-electron chi connectivity index (χ3n) is 6.14. The Morgan fingerprint density at radius 3 is 2.13 bits per heavy atom. The predicted octanol–water partition coefficient (Wildman–Crippen LogP) is 6.42. The van der Waals surface area contributed by atoms with Gasteiger partial charge in [0, 0.05) is 24.1 Å². The van der Waals surface area contributed by atoms with E-state index in [9.17, 15) is 35.1 Å². The van der Waals surface area contributed by atoms with Crippen LogP contribution in [0.4, 0.5) is 40.8 Å². The van der Waals surface area contributed by atoms with Gasteiger partial charge in [-0.15, -0.1) is 0 Å². The van der Waals surface area contributed by atoms with Gasteiger partial charge in [-0.25, -0.2) is 8.78 Å². The van der Waals surface area contributed by atoms with Gasteiger partial charge in [-0.2, -0.15) is 26.3 Å². The quantitative estimate of drug-likeness (QED) is 0.492. The molecular weight excluding hydrogens is 418 g/mol. The monoisotopic (exact) mass is 435 g/mol. The highest BCUT2D eigenvalue weighted by molar-refractivity contribution is 5.53. The molecule has 1 aliphatic heterocycles. The van der Waals surface area contributed by atoms with Crippen molar-refractivity contribution in [2.45, 2.75) is 49.2 Å². The van der Waals surface area contributed by atoms with Crippen molar-refractivity contribution in [3.63, 3.8) is 0 Å². The Labute approximate surface area is 167 Å². The molecule has 0 amide bonds. The average Bonchev–Trinajstić information content (AvgIpc) is 3.09. The van der Waals surface area contributed by atoms with Crippen LogP contribution in [0.5, 0.6) is 0 Å². The summed E-state index contributed by atoms with van der Waals surface area (Å²) in [4.78, 5) is 1.89. The highest BCUT2D eigenvalue weighted by Crippen LogP contribution is 2.54. The van der Waals surface area contributed by atoms with Gasteiger partial charge in [-0.3, -0.25) is 0 Å². The Morgan fingerprint density at radius 1 is 0.833 bits per heavy atom. The fraction of sp³-hybridized carbons (Fsp3) is 0.429. The summed E-state index contributed by atoms with van der Waals surface area (Å²) in [6.45, 7) is 0.510. The molecule has 1 aliphatic carbocycles. The van der Waals surface area contributed by atoms with Crippen LogP contribution in [0.3, 0.4) is 0 Å². The molecule has 4 rings (SSSR count). The van der Waals surface area contributed by atoms with Gasteiger partial charge in [0.2, 0.25) is 0 Å². The van der Waals surface area contributed by atoms with Gasteiger partial charge in [0.05, 0.1) is 5.69 Å². The molecule has 1 unspecified atom stereocenters. The number of hydrogen-bond donors (Lipinski definition) is 0. The molecule has 2 aromatic carbocycles. The molecule has 1 fully saturated rings. The molecule has 0 bridgehead atoms. The van der Waals surface area contributed by atoms with Crippen LogP contribution in [0.2, 0.25) is 0 Å². The smallest absolute Gasteiger partial charge is 0.366 e. The van der Waals surface area contributed by atoms with Crippen LogP contribution in [0, 0.1) is 5.82 Å². The number of alkyl halides is 7. The molecule has 1 nitrogen and oxygen atoms in total. The number of fused-ring (bicyclic) bond motifs is 3. The minimum atomic E-state index is -6.13. The van der Waals surface area contributed by atoms with Crippen molar-refractivity contribution in [2.24, 2.45) is 0 Å². The zero-order valence-electron chi connectivity index (χ0n) is 15.5. The van der Waals surface area contributed by atoms with Gasteiger partial charge in [-0.1, -0.05) is 30.3 Å². The van der Waals surface area contributed by atoms with Gasteiger partial charge in [-0.05, 0) is 42.5 Å². The molecule has 0 saturated carbocycles. The van der Waals surface area contributed by atoms with Crippen LogP contribution in [-0.4, -0.2) is 24.9 Å². The molecule has 0 aromatic heterocycles. The van der Waals surface area contributed by atoms with E-state index in [1.54, 1.807) is 18.2 Å². The first kappa shape index (κ1) is 20.9. The molecule has 0 N–H and O–H groups in total. The second kappa shape index (κ2) is 6.85. The first-order chi connectivity index (χ1) is 13.9. The van der Waals surface area contributed by atoms with Gasteiger partial charge in [0.25, 0.3) is 0 Å². The van der Waals surface area contributed by atoms with Crippen molar-refractivity contribution in [3.05, 3.63) is 65.0 Å². The summed E-state index contributed by atoms with van der Waals surface area (Å²) in [6.07, 6.45) is -11.1. The van der Waals surface area contributed by atoms with Gasteiger partial charge >= 0.3 is 18.0 Å². The molecule has 1 saturated heterocycles. The number of para-hydroxylation sites is 1. The van der Waals surface area contributed by atoms with Crippen LogP contribution < -0.4 is 4.90 Å². The highest BCUT2D eigenvalue weighted by Gasteiger charge is 2.73. The molecule has 0 spiro atoms. The Kier molecular flexibility index (Phi) is 4.78. The molecule has 30 heavy (non-hydrogen) atoms. The lowest BCUT2D eigenvalue weighted by molar-refractivity contribution is -0.348. The van der Waals surface area contributed by atoms with E-state index in [4.69, 9.17) is 0 Å². The third kappa shape index (κ3) is 3.04. The van der Waals surface area contributed by atoms with Crippen LogP contribution >= 0.6 is 0 Å². The minimum Gasteiger partial charge on any atom is -0.366 e. The van der Waals surface area contributed by atoms with Crippen molar-refractivity contribution in [3.8, 4) is 0 Å². The number of aryl methyl sites for hydroxylation is 1. The van der Waals surface area contributed by atoms with E-state index in [0.29, 0.717) is 42.8 Å². The van der Waals surface area contributed by atoms with Crippen molar-refractivity contribution in [2.75, 3.05) is 11.4 Å². The molecule has 2 atom stereocenters. The van der Waals surface area contributed by atoms with E-state index in [-0.39, 0.29) is 23.9 Å². The number of halogens is 8. The second-order valence-electron chi connectivity index (χ2n) is 7.71. The third-order valence-corrected chi connectivity index (χ3v) is 6.14. The fourth-order valence-corrected chi connectivity index (χ4v) is 4.75. The Morgan fingerprint density at radius 2 is 1.50 bits per heavy atom. The van der Waals surface area contributed by atoms with Crippen LogP contribution in [0.25, 0.3) is 0 Å². The number of hydrogen-bond acceptors (Lipinski definition) is 1. The van der Waals surface area contributed by atoms with Crippen molar-refractivity contribution < 1.29 is 35.1 Å². The summed E-state index contributed by atoms with van der Waals surface area (Å²) in [6, 6.07) is 8.55. The molecule has 2 aromatic rings. The molecule has 162 valence electrons. The van der Waals surface area contributed by atoms with Crippen LogP contribution in [-0.2, 0) is 12.1 Å². The average molecular weight is 435 g/mol. The minimum absolute atomic E-state index is 0.124. The van der Waals surface area contributed by atoms with E-state index >= 15 is 0 Å². The van der Waals surface area contributed by atoms with E-state index in [0.717, 1.165) is 6.07 Å². The molecule has 2 aliphatic rings. The molecule has 1 heterocycles.